The van der Waals surface area contributed by atoms with E-state index < -0.39 is 0 Å². The summed E-state index contributed by atoms with van der Waals surface area (Å²) in [6, 6.07) is 7.89. The van der Waals surface area contributed by atoms with Gasteiger partial charge in [-0.1, -0.05) is 32.0 Å². The number of carbonyl (C=O) groups is 1. The van der Waals surface area contributed by atoms with E-state index in [1.165, 1.54) is 0 Å². The molecule has 5 heteroatoms. The summed E-state index contributed by atoms with van der Waals surface area (Å²) < 4.78 is 11.7. The highest BCUT2D eigenvalue weighted by Crippen LogP contribution is 2.25. The van der Waals surface area contributed by atoms with E-state index in [1.807, 2.05) is 29.2 Å². The lowest BCUT2D eigenvalue weighted by Crippen LogP contribution is -2.57. The molecule has 1 aromatic carbocycles. The molecule has 0 saturated carbocycles. The average Bonchev–Trinajstić information content (AvgIpc) is 2.76. The molecule has 1 aromatic rings. The molecule has 0 bridgehead atoms. The molecular weight excluding hydrogens is 316 g/mol. The topological polar surface area (TPSA) is 42.0 Å². The zero-order chi connectivity index (χ0) is 18.0. The van der Waals surface area contributed by atoms with Gasteiger partial charge in [0.25, 0.3) is 0 Å². The molecule has 0 aromatic heterocycles. The largest absolute Gasteiger partial charge is 0.491 e. The normalized spacial score (nSPS) is 25.9. The van der Waals surface area contributed by atoms with E-state index in [9.17, 15) is 4.79 Å². The fourth-order valence-corrected chi connectivity index (χ4v) is 4.01. The second-order valence-electron chi connectivity index (χ2n) is 7.62. The van der Waals surface area contributed by atoms with Crippen LogP contribution in [0.2, 0.25) is 0 Å². The minimum Gasteiger partial charge on any atom is -0.491 e. The van der Waals surface area contributed by atoms with Gasteiger partial charge < -0.3 is 14.4 Å². The van der Waals surface area contributed by atoms with Crippen LogP contribution in [0.1, 0.15) is 33.3 Å². The number of rotatable bonds is 3. The maximum atomic E-state index is 13.4. The number of morpholine rings is 1. The Morgan fingerprint density at radius 1 is 1.16 bits per heavy atom. The van der Waals surface area contributed by atoms with Crippen LogP contribution >= 0.6 is 0 Å². The predicted molar refractivity (Wildman–Crippen MR) is 97.6 cm³/mol. The summed E-state index contributed by atoms with van der Waals surface area (Å²) in [7, 11) is 0. The van der Waals surface area contributed by atoms with Crippen molar-refractivity contribution in [2.24, 2.45) is 5.92 Å². The monoisotopic (exact) mass is 346 g/mol. The summed E-state index contributed by atoms with van der Waals surface area (Å²) in [4.78, 5) is 17.7. The van der Waals surface area contributed by atoms with Gasteiger partial charge in [0.1, 0.15) is 12.4 Å². The Labute approximate surface area is 150 Å². The van der Waals surface area contributed by atoms with E-state index in [2.05, 4.69) is 32.6 Å². The fourth-order valence-electron chi connectivity index (χ4n) is 4.01. The Kier molecular flexibility index (Phi) is 5.64. The molecule has 138 valence electrons. The van der Waals surface area contributed by atoms with E-state index in [0.29, 0.717) is 19.7 Å². The van der Waals surface area contributed by atoms with Gasteiger partial charge in [-0.05, 0) is 25.8 Å². The first-order valence-electron chi connectivity index (χ1n) is 9.34. The van der Waals surface area contributed by atoms with Crippen LogP contribution in [-0.4, -0.2) is 60.2 Å². The summed E-state index contributed by atoms with van der Waals surface area (Å²) in [6.07, 6.45) is 0.317. The third kappa shape index (κ3) is 4.15. The third-order valence-electron chi connectivity index (χ3n) is 4.99. The predicted octanol–water partition coefficient (Wildman–Crippen LogP) is 2.54. The molecule has 25 heavy (non-hydrogen) atoms. The van der Waals surface area contributed by atoms with Crippen molar-refractivity contribution in [1.29, 1.82) is 0 Å². The number of fused-ring (bicyclic) bond motifs is 1. The van der Waals surface area contributed by atoms with Crippen molar-refractivity contribution in [3.63, 3.8) is 0 Å². The van der Waals surface area contributed by atoms with E-state index in [-0.39, 0.29) is 30.1 Å². The van der Waals surface area contributed by atoms with Crippen molar-refractivity contribution in [3.05, 3.63) is 29.8 Å². The summed E-state index contributed by atoms with van der Waals surface area (Å²) >= 11 is 0. The number of nitrogens with zero attached hydrogens (tertiary/aromatic N) is 2. The first-order valence-corrected chi connectivity index (χ1v) is 9.34. The van der Waals surface area contributed by atoms with E-state index in [1.54, 1.807) is 0 Å². The SMILES string of the molecule is CC(C)[C@H](C(=O)N1CCOc2ccccc2C1)N1C[C@@H](C)O[C@@H](C)C1. The van der Waals surface area contributed by atoms with Crippen molar-refractivity contribution < 1.29 is 14.3 Å². The Morgan fingerprint density at radius 2 is 1.84 bits per heavy atom. The lowest BCUT2D eigenvalue weighted by molar-refractivity contribution is -0.146. The van der Waals surface area contributed by atoms with Crippen LogP contribution < -0.4 is 4.74 Å². The smallest absolute Gasteiger partial charge is 0.240 e. The molecule has 1 amide bonds. The summed E-state index contributed by atoms with van der Waals surface area (Å²) in [6.45, 7) is 11.8. The van der Waals surface area contributed by atoms with Gasteiger partial charge in [-0.3, -0.25) is 9.69 Å². The minimum atomic E-state index is -0.112. The fraction of sp³-hybridized carbons (Fsp3) is 0.650. The zero-order valence-electron chi connectivity index (χ0n) is 15.8. The molecule has 3 atom stereocenters. The lowest BCUT2D eigenvalue weighted by Gasteiger charge is -2.42. The Balaban J connectivity index is 1.79. The van der Waals surface area contributed by atoms with Gasteiger partial charge in [-0.2, -0.15) is 0 Å². The Hall–Kier alpha value is -1.59. The van der Waals surface area contributed by atoms with Crippen LogP contribution in [0, 0.1) is 5.92 Å². The molecule has 3 rings (SSSR count). The summed E-state index contributed by atoms with van der Waals surface area (Å²) in [5, 5.41) is 0. The number of carbonyl (C=O) groups excluding carboxylic acids is 1. The molecule has 0 aliphatic carbocycles. The van der Waals surface area contributed by atoms with Gasteiger partial charge >= 0.3 is 0 Å². The average molecular weight is 346 g/mol. The second-order valence-corrected chi connectivity index (χ2v) is 7.62. The van der Waals surface area contributed by atoms with Crippen LogP contribution in [0.25, 0.3) is 0 Å². The van der Waals surface area contributed by atoms with Gasteiger partial charge in [-0.15, -0.1) is 0 Å². The van der Waals surface area contributed by atoms with Crippen LogP contribution in [0.5, 0.6) is 5.75 Å². The number of hydrogen-bond donors (Lipinski definition) is 0. The molecule has 1 saturated heterocycles. The number of amides is 1. The van der Waals surface area contributed by atoms with E-state index in [4.69, 9.17) is 9.47 Å². The molecule has 2 heterocycles. The maximum absolute atomic E-state index is 13.4. The molecule has 0 radical (unpaired) electrons. The molecule has 0 spiro atoms. The highest BCUT2D eigenvalue weighted by atomic mass is 16.5. The summed E-state index contributed by atoms with van der Waals surface area (Å²) in [5.41, 5.74) is 1.08. The van der Waals surface area contributed by atoms with Gasteiger partial charge in [0, 0.05) is 25.2 Å². The Bertz CT molecular complexity index is 594. The van der Waals surface area contributed by atoms with Crippen LogP contribution in [-0.2, 0) is 16.1 Å². The number of ether oxygens (including phenoxy) is 2. The van der Waals surface area contributed by atoms with Crippen LogP contribution in [0.4, 0.5) is 0 Å². The molecule has 1 fully saturated rings. The van der Waals surface area contributed by atoms with Gasteiger partial charge in [0.05, 0.1) is 24.8 Å². The highest BCUT2D eigenvalue weighted by molar-refractivity contribution is 5.82. The van der Waals surface area contributed by atoms with Crippen LogP contribution in [0.3, 0.4) is 0 Å². The van der Waals surface area contributed by atoms with E-state index in [0.717, 1.165) is 24.4 Å². The zero-order valence-corrected chi connectivity index (χ0v) is 15.8. The first-order chi connectivity index (χ1) is 12.0. The van der Waals surface area contributed by atoms with Crippen molar-refractivity contribution in [2.45, 2.75) is 52.5 Å². The third-order valence-corrected chi connectivity index (χ3v) is 4.99. The summed E-state index contributed by atoms with van der Waals surface area (Å²) in [5.74, 6) is 1.36. The Morgan fingerprint density at radius 3 is 2.52 bits per heavy atom. The van der Waals surface area contributed by atoms with Crippen molar-refractivity contribution in [1.82, 2.24) is 9.80 Å². The van der Waals surface area contributed by atoms with E-state index >= 15 is 0 Å². The lowest BCUT2D eigenvalue weighted by atomic mass is 9.98. The van der Waals surface area contributed by atoms with Gasteiger partial charge in [0.2, 0.25) is 5.91 Å². The minimum absolute atomic E-state index is 0.112. The second kappa shape index (κ2) is 7.75. The standard InChI is InChI=1S/C20H30N2O3/c1-14(2)19(22-11-15(3)25-16(4)12-22)20(23)21-9-10-24-18-8-6-5-7-17(18)13-21/h5-8,14-16,19H,9-13H2,1-4H3/t15-,16+,19-/m1/s1. The van der Waals surface area contributed by atoms with Crippen molar-refractivity contribution in [2.75, 3.05) is 26.2 Å². The quantitative estimate of drug-likeness (QED) is 0.843. The molecule has 5 nitrogen and oxygen atoms in total. The first kappa shape index (κ1) is 18.2. The highest BCUT2D eigenvalue weighted by Gasteiger charge is 2.36. The van der Waals surface area contributed by atoms with Gasteiger partial charge in [0.15, 0.2) is 0 Å². The molecule has 2 aliphatic rings. The molecular formula is C20H30N2O3. The van der Waals surface area contributed by atoms with Crippen molar-refractivity contribution >= 4 is 5.91 Å². The van der Waals surface area contributed by atoms with Gasteiger partial charge in [-0.25, -0.2) is 0 Å². The number of benzene rings is 1. The molecule has 0 unspecified atom stereocenters. The van der Waals surface area contributed by atoms with Crippen molar-refractivity contribution in [3.8, 4) is 5.75 Å². The molecule has 2 aliphatic heterocycles. The van der Waals surface area contributed by atoms with Crippen LogP contribution in [0.15, 0.2) is 24.3 Å². The maximum Gasteiger partial charge on any atom is 0.240 e. The number of para-hydroxylation sites is 1. The molecule has 0 N–H and O–H groups in total. The number of hydrogen-bond acceptors (Lipinski definition) is 4.